The van der Waals surface area contributed by atoms with Gasteiger partial charge >= 0.3 is 0 Å². The van der Waals surface area contributed by atoms with E-state index in [2.05, 4.69) is 78.4 Å². The summed E-state index contributed by atoms with van der Waals surface area (Å²) >= 11 is 0. The van der Waals surface area contributed by atoms with Crippen molar-refractivity contribution in [3.05, 3.63) is 108 Å². The monoisotopic (exact) mass is 1220 g/mol. The van der Waals surface area contributed by atoms with Gasteiger partial charge in [-0.1, -0.05) is 6.92 Å². The summed E-state index contributed by atoms with van der Waals surface area (Å²) < 4.78 is 10.2. The van der Waals surface area contributed by atoms with Crippen LogP contribution in [0.5, 0.6) is 0 Å². The molecule has 34 nitrogen and oxygen atoms in total. The quantitative estimate of drug-likeness (QED) is 0.0298. The molecule has 88 heavy (non-hydrogen) atoms. The Labute approximate surface area is 502 Å². The number of hydrogen-bond donors (Lipinski definition) is 12. The van der Waals surface area contributed by atoms with Crippen molar-refractivity contribution >= 4 is 99.5 Å². The topological polar surface area (TPSA) is 432 Å². The molecular weight excluding hydrogens is 1150 g/mol. The molecule has 34 heteroatoms. The third kappa shape index (κ3) is 17.0. The zero-order valence-electron chi connectivity index (χ0n) is 49.5. The summed E-state index contributed by atoms with van der Waals surface area (Å²) in [6, 6.07) is 3.24. The second kappa shape index (κ2) is 29.1. The van der Waals surface area contributed by atoms with E-state index in [1.165, 1.54) is 89.8 Å². The van der Waals surface area contributed by atoms with E-state index in [9.17, 15) is 52.7 Å². The molecule has 0 aliphatic rings. The van der Waals surface area contributed by atoms with Crippen LogP contribution in [-0.4, -0.2) is 156 Å². The second-order valence-electron chi connectivity index (χ2n) is 20.2. The Bertz CT molecular complexity index is 3790. The zero-order valence-corrected chi connectivity index (χ0v) is 49.5. The minimum absolute atomic E-state index is 0.0000429. The fraction of sp³-hybridized carbons (Fsp3) is 0.352. The summed E-state index contributed by atoms with van der Waals surface area (Å²) in [6.07, 6.45) is 12.6. The first-order chi connectivity index (χ1) is 41.9. The van der Waals surface area contributed by atoms with Crippen molar-refractivity contribution in [1.82, 2.24) is 78.5 Å². The average molecular weight is 1220 g/mol. The number of hydrogen-bond acceptors (Lipinski definition) is 16. The molecule has 7 aromatic rings. The molecule has 0 spiro atoms. The molecule has 7 rings (SSSR count). The van der Waals surface area contributed by atoms with E-state index < -0.39 is 65.1 Å². The van der Waals surface area contributed by atoms with Crippen molar-refractivity contribution in [2.45, 2.75) is 45.1 Å². The predicted octanol–water partition coefficient (Wildman–Crippen LogP) is -0.358. The Morgan fingerprint density at radius 2 is 0.818 bits per heavy atom. The van der Waals surface area contributed by atoms with E-state index >= 15 is 0 Å². The number of amides is 11. The van der Waals surface area contributed by atoms with Gasteiger partial charge in [0.1, 0.15) is 17.1 Å². The number of anilines is 6. The summed E-state index contributed by atoms with van der Waals surface area (Å²) in [5, 5.41) is 29.2. The fourth-order valence-electron chi connectivity index (χ4n) is 8.61. The van der Waals surface area contributed by atoms with Crippen LogP contribution >= 0.6 is 0 Å². The molecule has 13 N–H and O–H groups in total. The number of imidazole rings is 4. The van der Waals surface area contributed by atoms with Crippen LogP contribution in [0, 0.1) is 0 Å². The average Bonchev–Trinajstić information content (AvgIpc) is 3.38. The molecular formula is C54H69N23O11. The molecule has 0 aliphatic carbocycles. The van der Waals surface area contributed by atoms with Crippen LogP contribution in [0.1, 0.15) is 113 Å². The molecule has 0 unspecified atom stereocenters. The number of carbonyl (C=O) groups is 11. The maximum Gasteiger partial charge on any atom is 0.291 e. The summed E-state index contributed by atoms with van der Waals surface area (Å²) in [5.74, 6) is -5.44. The highest BCUT2D eigenvalue weighted by Gasteiger charge is 2.24. The van der Waals surface area contributed by atoms with E-state index in [0.717, 1.165) is 6.42 Å². The van der Waals surface area contributed by atoms with Crippen LogP contribution in [0.25, 0.3) is 0 Å². The number of nitrogens with zero attached hydrogens (tertiary/aromatic N) is 11. The zero-order chi connectivity index (χ0) is 63.9. The van der Waals surface area contributed by atoms with E-state index in [0.29, 0.717) is 17.9 Å². The maximum atomic E-state index is 13.3. The molecule has 0 fully saturated rings. The number of aromatic nitrogens is 11. The Hall–Kier alpha value is -11.2. The normalized spacial score (nSPS) is 11.2. The lowest BCUT2D eigenvalue weighted by Gasteiger charge is -2.12. The number of aryl methyl sites for hydroxylation is 7. The predicted molar refractivity (Wildman–Crippen MR) is 318 cm³/mol. The molecule has 466 valence electrons. The highest BCUT2D eigenvalue weighted by molar-refractivity contribution is 6.06. The molecule has 7 heterocycles. The van der Waals surface area contributed by atoms with Crippen molar-refractivity contribution in [2.24, 2.45) is 55.1 Å². The van der Waals surface area contributed by atoms with Crippen LogP contribution in [0.4, 0.5) is 34.5 Å². The fourth-order valence-corrected chi connectivity index (χ4v) is 8.61. The van der Waals surface area contributed by atoms with Gasteiger partial charge in [0.15, 0.2) is 23.3 Å². The highest BCUT2D eigenvalue weighted by atomic mass is 16.2. The van der Waals surface area contributed by atoms with Gasteiger partial charge in [-0.2, -0.15) is 0 Å². The summed E-state index contributed by atoms with van der Waals surface area (Å²) in [4.78, 5) is 158. The third-order valence-corrected chi connectivity index (χ3v) is 13.1. The van der Waals surface area contributed by atoms with Crippen molar-refractivity contribution in [3.63, 3.8) is 0 Å². The van der Waals surface area contributed by atoms with Crippen molar-refractivity contribution < 1.29 is 52.7 Å². The third-order valence-electron chi connectivity index (χ3n) is 13.1. The Morgan fingerprint density at radius 1 is 0.409 bits per heavy atom. The van der Waals surface area contributed by atoms with Gasteiger partial charge in [0.05, 0.1) is 23.1 Å². The number of nitrogens with two attached hydrogens (primary N) is 1. The first-order valence-electron chi connectivity index (χ1n) is 27.4. The van der Waals surface area contributed by atoms with E-state index in [1.807, 2.05) is 6.92 Å². The number of nitrogens with one attached hydrogen (secondary N) is 11. The van der Waals surface area contributed by atoms with E-state index in [4.69, 9.17) is 5.73 Å². The first-order valence-corrected chi connectivity index (χ1v) is 27.4. The standard InChI is InChI=1S/C54H69N23O11/c1-9-14-56-40(78)11-16-60-51(85)45-68-39(29-76(45)7)70-50(84)36-21-30(24-74(36)5)62-41(79)12-18-61-52(86)44-67-38(28-75(44)6)69-47(81)33(55)10-15-58-48(82)34-23-32(26-73(34)4)64-54(88)46-66-37(27-77(46)8)65-42(80)13-17-59-49(83)35-22-31(25-72(35)3)63-53(87)43-57-19-20-71(43)2/h19-29,33H,9-18,55H2,1-8H3,(H,56,78)(H,58,82)(H,59,83)(H,60,85)(H,61,86)(H,62,79)(H,63,87)(H,64,88)(H,65,80)(H,69,81)(H,70,84)/t33-/m1/s1. The molecule has 0 saturated heterocycles. The van der Waals surface area contributed by atoms with Gasteiger partial charge in [-0.15, -0.1) is 0 Å². The van der Waals surface area contributed by atoms with E-state index in [-0.39, 0.29) is 121 Å². The Morgan fingerprint density at radius 3 is 1.31 bits per heavy atom. The molecule has 0 bridgehead atoms. The molecule has 0 aliphatic heterocycles. The summed E-state index contributed by atoms with van der Waals surface area (Å²) in [6.45, 7) is 2.41. The van der Waals surface area contributed by atoms with Gasteiger partial charge in [0, 0.05) is 151 Å². The van der Waals surface area contributed by atoms with Gasteiger partial charge in [-0.05, 0) is 31.0 Å². The van der Waals surface area contributed by atoms with Crippen LogP contribution < -0.4 is 64.2 Å². The summed E-state index contributed by atoms with van der Waals surface area (Å²) in [5.41, 5.74) is 7.62. The second-order valence-corrected chi connectivity index (χ2v) is 20.2. The van der Waals surface area contributed by atoms with Gasteiger partial charge in [0.25, 0.3) is 41.4 Å². The van der Waals surface area contributed by atoms with Crippen molar-refractivity contribution in [2.75, 3.05) is 64.6 Å². The van der Waals surface area contributed by atoms with Crippen molar-refractivity contribution in [3.8, 4) is 0 Å². The van der Waals surface area contributed by atoms with E-state index in [1.54, 1.807) is 59.2 Å². The van der Waals surface area contributed by atoms with Gasteiger partial charge in [-0.3, -0.25) is 52.7 Å². The lowest BCUT2D eigenvalue weighted by Crippen LogP contribution is -2.39. The van der Waals surface area contributed by atoms with Crippen LogP contribution in [0.2, 0.25) is 0 Å². The van der Waals surface area contributed by atoms with Crippen LogP contribution in [-0.2, 0) is 68.5 Å². The number of rotatable bonds is 28. The van der Waals surface area contributed by atoms with Gasteiger partial charge < -0.3 is 96.2 Å². The van der Waals surface area contributed by atoms with Gasteiger partial charge in [-0.25, -0.2) is 19.9 Å². The molecule has 1 atom stereocenters. The number of carbonyl (C=O) groups excluding carboxylic acids is 11. The molecule has 7 aromatic heterocycles. The highest BCUT2D eigenvalue weighted by Crippen LogP contribution is 2.19. The lowest BCUT2D eigenvalue weighted by atomic mass is 10.2. The van der Waals surface area contributed by atoms with Crippen molar-refractivity contribution in [1.29, 1.82) is 0 Å². The maximum absolute atomic E-state index is 13.3. The van der Waals surface area contributed by atoms with Crippen LogP contribution in [0.15, 0.2) is 67.8 Å². The minimum Gasteiger partial charge on any atom is -0.356 e. The molecule has 11 amide bonds. The largest absolute Gasteiger partial charge is 0.356 e. The Kier molecular flexibility index (Phi) is 21.3. The Balaban J connectivity index is 0.782. The minimum atomic E-state index is -1.11. The first kappa shape index (κ1) is 64.4. The van der Waals surface area contributed by atoms with Gasteiger partial charge in [0.2, 0.25) is 41.1 Å². The molecule has 0 radical (unpaired) electrons. The lowest BCUT2D eigenvalue weighted by molar-refractivity contribution is -0.121. The molecule has 0 saturated carbocycles. The summed E-state index contributed by atoms with van der Waals surface area (Å²) in [7, 11) is 11.1. The molecule has 0 aromatic carbocycles. The van der Waals surface area contributed by atoms with Crippen LogP contribution in [0.3, 0.4) is 0 Å². The SMILES string of the molecule is CCCNC(=O)CCNC(=O)c1nc(NC(=O)c2cc(NC(=O)CCNC(=O)c3nc(NC(=O)[C@H](N)CCNC(=O)c4cc(NC(=O)c5nc(NC(=O)CCNC(=O)c6cc(NC(=O)c7nccn7C)cn6C)cn5C)cn4C)cn3C)cn2C)cn1C. The smallest absolute Gasteiger partial charge is 0.291 e.